The van der Waals surface area contributed by atoms with Crippen LogP contribution in [0.5, 0.6) is 0 Å². The average molecular weight is 365 g/mol. The number of hydrogen-bond donors (Lipinski definition) is 1. The van der Waals surface area contributed by atoms with E-state index in [0.717, 1.165) is 17.2 Å². The maximum absolute atomic E-state index is 13.2. The van der Waals surface area contributed by atoms with Gasteiger partial charge >= 0.3 is 0 Å². The van der Waals surface area contributed by atoms with Crippen molar-refractivity contribution in [3.63, 3.8) is 0 Å². The maximum atomic E-state index is 13.2. The Hall–Kier alpha value is -3.15. The highest BCUT2D eigenvalue weighted by atomic mass is 16.5. The quantitative estimate of drug-likeness (QED) is 0.688. The zero-order valence-electron chi connectivity index (χ0n) is 15.5. The fourth-order valence-electron chi connectivity index (χ4n) is 2.88. The molecule has 0 unspecified atom stereocenters. The first-order valence-corrected chi connectivity index (χ1v) is 9.02. The molecule has 0 saturated carbocycles. The van der Waals surface area contributed by atoms with Crippen molar-refractivity contribution in [1.82, 2.24) is 10.1 Å². The summed E-state index contributed by atoms with van der Waals surface area (Å²) >= 11 is 0. The fourth-order valence-corrected chi connectivity index (χ4v) is 2.88. The number of benzene rings is 2. The van der Waals surface area contributed by atoms with E-state index in [9.17, 15) is 9.59 Å². The Bertz CT molecular complexity index is 914. The van der Waals surface area contributed by atoms with Crippen LogP contribution < -0.4 is 5.32 Å². The van der Waals surface area contributed by atoms with E-state index < -0.39 is 0 Å². The van der Waals surface area contributed by atoms with Crippen molar-refractivity contribution >= 4 is 28.4 Å². The SMILES string of the molecule is CC(C)CCN(CC(=O)Nc1ccon1)C(=O)c1cccc2ccccc12. The normalized spacial score (nSPS) is 10.9. The van der Waals surface area contributed by atoms with Crippen LogP contribution in [0.15, 0.2) is 59.3 Å². The van der Waals surface area contributed by atoms with Gasteiger partial charge in [-0.25, -0.2) is 0 Å². The number of carbonyl (C=O) groups is 2. The Morgan fingerprint density at radius 2 is 1.89 bits per heavy atom. The fraction of sp³-hybridized carbons (Fsp3) is 0.286. The third-order valence-corrected chi connectivity index (χ3v) is 4.32. The van der Waals surface area contributed by atoms with E-state index in [0.29, 0.717) is 23.8 Å². The van der Waals surface area contributed by atoms with Crippen LogP contribution in [0.3, 0.4) is 0 Å². The summed E-state index contributed by atoms with van der Waals surface area (Å²) in [7, 11) is 0. The van der Waals surface area contributed by atoms with Gasteiger partial charge in [0.05, 0.1) is 0 Å². The van der Waals surface area contributed by atoms with Crippen molar-refractivity contribution in [1.29, 1.82) is 0 Å². The lowest BCUT2D eigenvalue weighted by atomic mass is 10.0. The molecule has 3 aromatic rings. The summed E-state index contributed by atoms with van der Waals surface area (Å²) in [5, 5.41) is 8.20. The van der Waals surface area contributed by atoms with Crippen LogP contribution in [0.25, 0.3) is 10.8 Å². The van der Waals surface area contributed by atoms with E-state index in [1.807, 2.05) is 42.5 Å². The topological polar surface area (TPSA) is 75.4 Å². The number of fused-ring (bicyclic) bond motifs is 1. The molecular weight excluding hydrogens is 342 g/mol. The van der Waals surface area contributed by atoms with Gasteiger partial charge in [-0.2, -0.15) is 0 Å². The number of anilines is 1. The maximum Gasteiger partial charge on any atom is 0.254 e. The molecule has 0 bridgehead atoms. The molecule has 2 amide bonds. The number of hydrogen-bond acceptors (Lipinski definition) is 4. The van der Waals surface area contributed by atoms with Crippen molar-refractivity contribution < 1.29 is 14.1 Å². The first-order valence-electron chi connectivity index (χ1n) is 9.02. The third kappa shape index (κ3) is 4.73. The predicted molar refractivity (Wildman–Crippen MR) is 104 cm³/mol. The summed E-state index contributed by atoms with van der Waals surface area (Å²) in [5.74, 6) is 0.303. The molecule has 3 rings (SSSR count). The number of rotatable bonds is 7. The standard InChI is InChI=1S/C21H23N3O3/c1-15(2)10-12-24(14-20(25)22-19-11-13-27-23-19)21(26)18-9-5-7-16-6-3-4-8-17(16)18/h3-9,11,13,15H,10,12,14H2,1-2H3,(H,22,23,25). The van der Waals surface area contributed by atoms with Crippen molar-refractivity contribution in [3.05, 3.63) is 60.4 Å². The molecule has 0 spiro atoms. The first kappa shape index (κ1) is 18.6. The van der Waals surface area contributed by atoms with Crippen molar-refractivity contribution in [3.8, 4) is 0 Å². The van der Waals surface area contributed by atoms with E-state index in [2.05, 4.69) is 24.3 Å². The number of amides is 2. The van der Waals surface area contributed by atoms with E-state index >= 15 is 0 Å². The largest absolute Gasteiger partial charge is 0.363 e. The third-order valence-electron chi connectivity index (χ3n) is 4.32. The van der Waals surface area contributed by atoms with E-state index in [1.165, 1.54) is 6.26 Å². The molecule has 0 aliphatic heterocycles. The molecule has 1 N–H and O–H groups in total. The summed E-state index contributed by atoms with van der Waals surface area (Å²) in [6, 6.07) is 15.0. The molecule has 0 saturated heterocycles. The number of aromatic nitrogens is 1. The van der Waals surface area contributed by atoms with Crippen LogP contribution in [-0.2, 0) is 4.79 Å². The molecule has 27 heavy (non-hydrogen) atoms. The van der Waals surface area contributed by atoms with Crippen molar-refractivity contribution in [2.24, 2.45) is 5.92 Å². The van der Waals surface area contributed by atoms with E-state index in [-0.39, 0.29) is 18.4 Å². The smallest absolute Gasteiger partial charge is 0.254 e. The minimum absolute atomic E-state index is 0.0400. The summed E-state index contributed by atoms with van der Waals surface area (Å²) in [5.41, 5.74) is 0.603. The van der Waals surface area contributed by atoms with Crippen LogP contribution in [-0.4, -0.2) is 35.0 Å². The second-order valence-electron chi connectivity index (χ2n) is 6.87. The molecule has 1 heterocycles. The number of nitrogens with one attached hydrogen (secondary N) is 1. The van der Waals surface area contributed by atoms with E-state index in [1.54, 1.807) is 11.0 Å². The Kier molecular flexibility index (Phi) is 5.86. The van der Waals surface area contributed by atoms with Gasteiger partial charge in [-0.15, -0.1) is 0 Å². The molecule has 0 fully saturated rings. The van der Waals surface area contributed by atoms with Crippen LogP contribution in [0.2, 0.25) is 0 Å². The molecule has 140 valence electrons. The van der Waals surface area contributed by atoms with Gasteiger partial charge < -0.3 is 14.7 Å². The molecule has 0 radical (unpaired) electrons. The van der Waals surface area contributed by atoms with Gasteiger partial charge in [0.2, 0.25) is 5.91 Å². The highest BCUT2D eigenvalue weighted by Crippen LogP contribution is 2.20. The highest BCUT2D eigenvalue weighted by Gasteiger charge is 2.21. The summed E-state index contributed by atoms with van der Waals surface area (Å²) in [4.78, 5) is 27.2. The Balaban J connectivity index is 1.82. The average Bonchev–Trinajstić information content (AvgIpc) is 3.16. The molecule has 2 aromatic carbocycles. The van der Waals surface area contributed by atoms with Gasteiger partial charge in [-0.1, -0.05) is 55.4 Å². The predicted octanol–water partition coefficient (Wildman–Crippen LogP) is 3.95. The molecular formula is C21H23N3O3. The zero-order valence-corrected chi connectivity index (χ0v) is 15.5. The van der Waals surface area contributed by atoms with Gasteiger partial charge in [0.1, 0.15) is 12.8 Å². The Morgan fingerprint density at radius 1 is 1.11 bits per heavy atom. The van der Waals surface area contributed by atoms with Gasteiger partial charge in [-0.05, 0) is 29.2 Å². The molecule has 0 aliphatic carbocycles. The second kappa shape index (κ2) is 8.49. The van der Waals surface area contributed by atoms with E-state index in [4.69, 9.17) is 4.52 Å². The van der Waals surface area contributed by atoms with Gasteiger partial charge in [0.15, 0.2) is 5.82 Å². The lowest BCUT2D eigenvalue weighted by Gasteiger charge is -2.23. The van der Waals surface area contributed by atoms with Gasteiger partial charge in [-0.3, -0.25) is 9.59 Å². The molecule has 0 aliphatic rings. The minimum atomic E-state index is -0.304. The summed E-state index contributed by atoms with van der Waals surface area (Å²) < 4.78 is 4.72. The van der Waals surface area contributed by atoms with Crippen molar-refractivity contribution in [2.75, 3.05) is 18.4 Å². The summed E-state index contributed by atoms with van der Waals surface area (Å²) in [6.45, 7) is 4.65. The molecule has 1 aromatic heterocycles. The Morgan fingerprint density at radius 3 is 2.63 bits per heavy atom. The molecule has 0 atom stereocenters. The van der Waals surface area contributed by atoms with Crippen LogP contribution >= 0.6 is 0 Å². The number of carbonyl (C=O) groups excluding carboxylic acids is 2. The lowest BCUT2D eigenvalue weighted by Crippen LogP contribution is -2.39. The van der Waals surface area contributed by atoms with Crippen molar-refractivity contribution in [2.45, 2.75) is 20.3 Å². The van der Waals surface area contributed by atoms with Crippen LogP contribution in [0, 0.1) is 5.92 Å². The van der Waals surface area contributed by atoms with Gasteiger partial charge in [0, 0.05) is 18.2 Å². The highest BCUT2D eigenvalue weighted by molar-refractivity contribution is 6.08. The monoisotopic (exact) mass is 365 g/mol. The van der Waals surface area contributed by atoms with Crippen LogP contribution in [0.4, 0.5) is 5.82 Å². The lowest BCUT2D eigenvalue weighted by molar-refractivity contribution is -0.117. The minimum Gasteiger partial charge on any atom is -0.363 e. The number of nitrogens with zero attached hydrogens (tertiary/aromatic N) is 2. The second-order valence-corrected chi connectivity index (χ2v) is 6.87. The van der Waals surface area contributed by atoms with Gasteiger partial charge in [0.25, 0.3) is 5.91 Å². The summed E-state index contributed by atoms with van der Waals surface area (Å²) in [6.07, 6.45) is 2.20. The molecule has 6 nitrogen and oxygen atoms in total. The Labute approximate surface area is 158 Å². The van der Waals surface area contributed by atoms with Crippen LogP contribution in [0.1, 0.15) is 30.6 Å². The molecule has 6 heteroatoms. The first-order chi connectivity index (χ1) is 13.0. The zero-order chi connectivity index (χ0) is 19.2.